The van der Waals surface area contributed by atoms with E-state index in [0.29, 0.717) is 13.1 Å². The Hall–Kier alpha value is -2.23. The molecule has 0 aliphatic carbocycles. The number of nitrogens with zero attached hydrogens (tertiary/aromatic N) is 1. The molecule has 2 aromatic rings. The second kappa shape index (κ2) is 4.46. The van der Waals surface area contributed by atoms with Gasteiger partial charge in [0, 0.05) is 30.2 Å². The molecule has 2 heterocycles. The van der Waals surface area contributed by atoms with Crippen LogP contribution < -0.4 is 0 Å². The van der Waals surface area contributed by atoms with Crippen LogP contribution >= 0.6 is 0 Å². The smallest absolute Gasteiger partial charge is 0.407 e. The lowest BCUT2D eigenvalue weighted by molar-refractivity contribution is 0.150. The van der Waals surface area contributed by atoms with E-state index < -0.39 is 6.09 Å². The third-order valence-corrected chi connectivity index (χ3v) is 3.74. The largest absolute Gasteiger partial charge is 0.465 e. The highest BCUT2D eigenvalue weighted by Gasteiger charge is 2.16. The Morgan fingerprint density at radius 1 is 1.42 bits per heavy atom. The van der Waals surface area contributed by atoms with Crippen LogP contribution in [0, 0.1) is 6.92 Å². The number of fused-ring (bicyclic) bond motifs is 1. The number of amides is 1. The SMILES string of the molecule is Cc1c[nH]c2ccc(C3=CCN(C(=O)O)CC3)cc12. The molecule has 98 valence electrons. The Kier molecular flexibility index (Phi) is 2.78. The van der Waals surface area contributed by atoms with E-state index in [9.17, 15) is 4.79 Å². The van der Waals surface area contributed by atoms with Gasteiger partial charge in [-0.3, -0.25) is 0 Å². The third-order valence-electron chi connectivity index (χ3n) is 3.74. The van der Waals surface area contributed by atoms with E-state index in [1.54, 1.807) is 0 Å². The Labute approximate surface area is 111 Å². The first-order valence-corrected chi connectivity index (χ1v) is 6.40. The van der Waals surface area contributed by atoms with Crippen molar-refractivity contribution >= 4 is 22.6 Å². The number of aromatic nitrogens is 1. The first-order chi connectivity index (χ1) is 9.15. The van der Waals surface area contributed by atoms with Gasteiger partial charge in [-0.2, -0.15) is 0 Å². The number of carboxylic acid groups (broad SMARTS) is 1. The summed E-state index contributed by atoms with van der Waals surface area (Å²) < 4.78 is 0. The van der Waals surface area contributed by atoms with E-state index in [1.165, 1.54) is 27.0 Å². The summed E-state index contributed by atoms with van der Waals surface area (Å²) in [5.41, 5.74) is 4.81. The van der Waals surface area contributed by atoms with Gasteiger partial charge in [0.15, 0.2) is 0 Å². The molecule has 0 saturated carbocycles. The Balaban J connectivity index is 1.92. The lowest BCUT2D eigenvalue weighted by atomic mass is 9.98. The van der Waals surface area contributed by atoms with Crippen molar-refractivity contribution in [2.24, 2.45) is 0 Å². The Bertz CT molecular complexity index is 670. The zero-order valence-electron chi connectivity index (χ0n) is 10.8. The molecule has 0 spiro atoms. The highest BCUT2D eigenvalue weighted by molar-refractivity contribution is 5.87. The molecule has 1 aliphatic rings. The Morgan fingerprint density at radius 2 is 2.26 bits per heavy atom. The zero-order valence-corrected chi connectivity index (χ0v) is 10.8. The van der Waals surface area contributed by atoms with Crippen LogP contribution in [0.5, 0.6) is 0 Å². The van der Waals surface area contributed by atoms with E-state index >= 15 is 0 Å². The van der Waals surface area contributed by atoms with Crippen LogP contribution in [-0.4, -0.2) is 34.2 Å². The fraction of sp³-hybridized carbons (Fsp3) is 0.267. The number of hydrogen-bond acceptors (Lipinski definition) is 1. The maximum Gasteiger partial charge on any atom is 0.407 e. The highest BCUT2D eigenvalue weighted by atomic mass is 16.4. The summed E-state index contributed by atoms with van der Waals surface area (Å²) in [6, 6.07) is 6.37. The van der Waals surface area contributed by atoms with Gasteiger partial charge in [-0.25, -0.2) is 4.79 Å². The number of H-pyrrole nitrogens is 1. The van der Waals surface area contributed by atoms with Gasteiger partial charge < -0.3 is 15.0 Å². The molecule has 4 heteroatoms. The first-order valence-electron chi connectivity index (χ1n) is 6.40. The van der Waals surface area contributed by atoms with E-state index in [2.05, 4.69) is 30.1 Å². The van der Waals surface area contributed by atoms with Gasteiger partial charge in [0.1, 0.15) is 0 Å². The van der Waals surface area contributed by atoms with Crippen LogP contribution in [-0.2, 0) is 0 Å². The number of hydrogen-bond donors (Lipinski definition) is 2. The summed E-state index contributed by atoms with van der Waals surface area (Å²) in [5.74, 6) is 0. The minimum absolute atomic E-state index is 0.481. The van der Waals surface area contributed by atoms with Gasteiger partial charge in [-0.1, -0.05) is 12.1 Å². The van der Waals surface area contributed by atoms with Crippen molar-refractivity contribution in [2.75, 3.05) is 13.1 Å². The lowest BCUT2D eigenvalue weighted by Crippen LogP contribution is -2.33. The monoisotopic (exact) mass is 256 g/mol. The lowest BCUT2D eigenvalue weighted by Gasteiger charge is -2.23. The zero-order chi connectivity index (χ0) is 13.4. The molecule has 0 saturated heterocycles. The second-order valence-corrected chi connectivity index (χ2v) is 4.94. The average Bonchev–Trinajstić information content (AvgIpc) is 2.80. The van der Waals surface area contributed by atoms with E-state index in [-0.39, 0.29) is 0 Å². The molecule has 1 amide bonds. The van der Waals surface area contributed by atoms with Gasteiger partial charge in [0.25, 0.3) is 0 Å². The van der Waals surface area contributed by atoms with Gasteiger partial charge in [-0.05, 0) is 42.2 Å². The second-order valence-electron chi connectivity index (χ2n) is 4.94. The van der Waals surface area contributed by atoms with E-state index in [0.717, 1.165) is 11.9 Å². The van der Waals surface area contributed by atoms with Gasteiger partial charge in [0.2, 0.25) is 0 Å². The maximum atomic E-state index is 10.9. The molecule has 1 aromatic carbocycles. The number of benzene rings is 1. The number of carbonyl (C=O) groups is 1. The molecule has 19 heavy (non-hydrogen) atoms. The van der Waals surface area contributed by atoms with E-state index in [1.807, 2.05) is 12.3 Å². The van der Waals surface area contributed by atoms with Crippen LogP contribution in [0.4, 0.5) is 4.79 Å². The van der Waals surface area contributed by atoms with Crippen molar-refractivity contribution in [2.45, 2.75) is 13.3 Å². The normalized spacial score (nSPS) is 15.6. The molecule has 0 unspecified atom stereocenters. The summed E-state index contributed by atoms with van der Waals surface area (Å²) in [4.78, 5) is 15.5. The van der Waals surface area contributed by atoms with Gasteiger partial charge in [0.05, 0.1) is 0 Å². The minimum Gasteiger partial charge on any atom is -0.465 e. The van der Waals surface area contributed by atoms with Crippen molar-refractivity contribution in [1.82, 2.24) is 9.88 Å². The number of nitrogens with one attached hydrogen (secondary N) is 1. The molecular weight excluding hydrogens is 240 g/mol. The van der Waals surface area contributed by atoms with Crippen LogP contribution in [0.15, 0.2) is 30.5 Å². The van der Waals surface area contributed by atoms with Gasteiger partial charge in [-0.15, -0.1) is 0 Å². The fourth-order valence-electron chi connectivity index (χ4n) is 2.56. The van der Waals surface area contributed by atoms with Crippen LogP contribution in [0.2, 0.25) is 0 Å². The summed E-state index contributed by atoms with van der Waals surface area (Å²) in [5, 5.41) is 10.2. The number of aryl methyl sites for hydroxylation is 1. The average molecular weight is 256 g/mol. The topological polar surface area (TPSA) is 56.3 Å². The summed E-state index contributed by atoms with van der Waals surface area (Å²) >= 11 is 0. The predicted octanol–water partition coefficient (Wildman–Crippen LogP) is 3.24. The third kappa shape index (κ3) is 2.10. The molecular formula is C15H16N2O2. The molecule has 0 radical (unpaired) electrons. The number of rotatable bonds is 1. The number of aromatic amines is 1. The van der Waals surface area contributed by atoms with Crippen molar-refractivity contribution in [3.63, 3.8) is 0 Å². The van der Waals surface area contributed by atoms with Crippen molar-refractivity contribution < 1.29 is 9.90 Å². The molecule has 3 rings (SSSR count). The van der Waals surface area contributed by atoms with Crippen molar-refractivity contribution in [3.8, 4) is 0 Å². The van der Waals surface area contributed by atoms with Crippen molar-refractivity contribution in [3.05, 3.63) is 41.6 Å². The summed E-state index contributed by atoms with van der Waals surface area (Å²) in [6.07, 6.45) is 3.96. The quantitative estimate of drug-likeness (QED) is 0.823. The fourth-order valence-corrected chi connectivity index (χ4v) is 2.56. The predicted molar refractivity (Wildman–Crippen MR) is 75.2 cm³/mol. The minimum atomic E-state index is -0.841. The molecule has 4 nitrogen and oxygen atoms in total. The van der Waals surface area contributed by atoms with Gasteiger partial charge >= 0.3 is 6.09 Å². The molecule has 0 atom stereocenters. The summed E-state index contributed by atoms with van der Waals surface area (Å²) in [7, 11) is 0. The van der Waals surface area contributed by atoms with Crippen LogP contribution in [0.25, 0.3) is 16.5 Å². The molecule has 2 N–H and O–H groups in total. The standard InChI is InChI=1S/C15H16N2O2/c1-10-9-16-14-3-2-12(8-13(10)14)11-4-6-17(7-5-11)15(18)19/h2-4,8-9,16H,5-7H2,1H3,(H,18,19). The molecule has 0 bridgehead atoms. The molecule has 1 aromatic heterocycles. The maximum absolute atomic E-state index is 10.9. The summed E-state index contributed by atoms with van der Waals surface area (Å²) in [6.45, 7) is 3.14. The van der Waals surface area contributed by atoms with E-state index in [4.69, 9.17) is 5.11 Å². The van der Waals surface area contributed by atoms with Crippen molar-refractivity contribution in [1.29, 1.82) is 0 Å². The first kappa shape index (κ1) is 11.8. The Morgan fingerprint density at radius 3 is 2.95 bits per heavy atom. The highest BCUT2D eigenvalue weighted by Crippen LogP contribution is 2.27. The van der Waals surface area contributed by atoms with Crippen LogP contribution in [0.1, 0.15) is 17.5 Å². The molecule has 1 aliphatic heterocycles. The van der Waals surface area contributed by atoms with Crippen LogP contribution in [0.3, 0.4) is 0 Å². The molecule has 0 fully saturated rings.